The fraction of sp³-hybridized carbons (Fsp3) is 0.526. The summed E-state index contributed by atoms with van der Waals surface area (Å²) in [5, 5.41) is 3.35. The number of nitrogens with zero attached hydrogens (tertiary/aromatic N) is 2. The molecule has 0 radical (unpaired) electrons. The molecule has 1 heterocycles. The van der Waals surface area contributed by atoms with E-state index < -0.39 is 10.8 Å². The van der Waals surface area contributed by atoms with Gasteiger partial charge in [-0.2, -0.15) is 0 Å². The van der Waals surface area contributed by atoms with Gasteiger partial charge in [0, 0.05) is 48.0 Å². The molecule has 140 valence electrons. The van der Waals surface area contributed by atoms with Crippen molar-refractivity contribution in [3.8, 4) is 0 Å². The van der Waals surface area contributed by atoms with Gasteiger partial charge in [-0.1, -0.05) is 36.4 Å². The number of aliphatic imine (C=N–C) groups is 1. The first kappa shape index (κ1) is 22.2. The molecule has 0 spiro atoms. The Morgan fingerprint density at radius 2 is 1.96 bits per heavy atom. The zero-order chi connectivity index (χ0) is 17.6. The maximum absolute atomic E-state index is 12.1. The Kier molecular flexibility index (Phi) is 9.13. The summed E-state index contributed by atoms with van der Waals surface area (Å²) < 4.78 is 12.0. The van der Waals surface area contributed by atoms with Crippen molar-refractivity contribution in [1.29, 1.82) is 0 Å². The Morgan fingerprint density at radius 3 is 2.48 bits per heavy atom. The molecule has 1 aliphatic heterocycles. The zero-order valence-electron chi connectivity index (χ0n) is 15.6. The Bertz CT molecular complexity index is 623. The smallest absolute Gasteiger partial charge is 0.193 e. The fourth-order valence-corrected chi connectivity index (χ4v) is 3.57. The lowest BCUT2D eigenvalue weighted by Gasteiger charge is -2.30. The summed E-state index contributed by atoms with van der Waals surface area (Å²) in [5.74, 6) is 1.53. The van der Waals surface area contributed by atoms with Crippen molar-refractivity contribution >= 4 is 46.3 Å². The van der Waals surface area contributed by atoms with Gasteiger partial charge in [0.2, 0.25) is 0 Å². The summed E-state index contributed by atoms with van der Waals surface area (Å²) in [6.45, 7) is 8.52. The van der Waals surface area contributed by atoms with Gasteiger partial charge in [-0.15, -0.1) is 24.0 Å². The molecule has 1 unspecified atom stereocenters. The summed E-state index contributed by atoms with van der Waals surface area (Å²) in [5.41, 5.74) is 2.71. The largest absolute Gasteiger partial charge is 0.355 e. The van der Waals surface area contributed by atoms with E-state index in [4.69, 9.17) is 0 Å². The Morgan fingerprint density at radius 1 is 1.28 bits per heavy atom. The summed E-state index contributed by atoms with van der Waals surface area (Å²) in [7, 11) is 0.966. The molecule has 0 saturated heterocycles. The molecule has 0 fully saturated rings. The second-order valence-electron chi connectivity index (χ2n) is 6.93. The normalized spacial score (nSPS) is 16.7. The van der Waals surface area contributed by atoms with E-state index in [0.29, 0.717) is 12.3 Å². The third-order valence-electron chi connectivity index (χ3n) is 4.12. The molecule has 0 aromatic heterocycles. The topological polar surface area (TPSA) is 44.7 Å². The Balaban J connectivity index is 0.00000312. The van der Waals surface area contributed by atoms with Gasteiger partial charge in [0.25, 0.3) is 0 Å². The number of benzene rings is 1. The summed E-state index contributed by atoms with van der Waals surface area (Å²) >= 11 is 0. The molecule has 1 atom stereocenters. The van der Waals surface area contributed by atoms with Crippen LogP contribution in [0.2, 0.25) is 0 Å². The van der Waals surface area contributed by atoms with Crippen molar-refractivity contribution in [2.75, 3.05) is 32.4 Å². The van der Waals surface area contributed by atoms with Gasteiger partial charge in [0.05, 0.1) is 0 Å². The van der Waals surface area contributed by atoms with Gasteiger partial charge in [-0.05, 0) is 38.3 Å². The fourth-order valence-electron chi connectivity index (χ4n) is 2.67. The molecule has 6 heteroatoms. The summed E-state index contributed by atoms with van der Waals surface area (Å²) in [6, 6.07) is 10.5. The predicted octanol–water partition coefficient (Wildman–Crippen LogP) is 3.52. The van der Waals surface area contributed by atoms with Gasteiger partial charge in [0.15, 0.2) is 5.96 Å². The standard InChI is InChI=1S/C19H29N3OS.HI/c1-19(2,3)24(23)15-12-21-18(20-4)22-13-10-17(11-14-22)16-8-6-5-7-9-16;/h5-10H,11-15H2,1-4H3,(H,20,21);1H. The minimum Gasteiger partial charge on any atom is -0.355 e. The average molecular weight is 475 g/mol. The van der Waals surface area contributed by atoms with Crippen molar-refractivity contribution < 1.29 is 4.21 Å². The van der Waals surface area contributed by atoms with Crippen LogP contribution in [-0.4, -0.2) is 52.3 Å². The van der Waals surface area contributed by atoms with E-state index in [1.165, 1.54) is 11.1 Å². The Hall–Kier alpha value is -0.890. The van der Waals surface area contributed by atoms with Crippen LogP contribution in [0.15, 0.2) is 41.4 Å². The molecular weight excluding hydrogens is 445 g/mol. The molecule has 1 N–H and O–H groups in total. The van der Waals surface area contributed by atoms with Gasteiger partial charge in [-0.3, -0.25) is 9.20 Å². The minimum absolute atomic E-state index is 0. The van der Waals surface area contributed by atoms with Crippen LogP contribution in [0.25, 0.3) is 5.57 Å². The van der Waals surface area contributed by atoms with E-state index in [1.807, 2.05) is 26.8 Å². The second-order valence-corrected chi connectivity index (χ2v) is 9.25. The van der Waals surface area contributed by atoms with Crippen molar-refractivity contribution in [1.82, 2.24) is 10.2 Å². The lowest BCUT2D eigenvalue weighted by Crippen LogP contribution is -2.45. The van der Waals surface area contributed by atoms with E-state index in [1.54, 1.807) is 7.05 Å². The molecule has 1 aliphatic rings. The SMILES string of the molecule is CN=C(NCCS(=O)C(C)(C)C)N1CC=C(c2ccccc2)CC1.I. The van der Waals surface area contributed by atoms with Crippen molar-refractivity contribution in [3.63, 3.8) is 0 Å². The maximum Gasteiger partial charge on any atom is 0.193 e. The highest BCUT2D eigenvalue weighted by atomic mass is 127. The summed E-state index contributed by atoms with van der Waals surface area (Å²) in [4.78, 5) is 6.61. The van der Waals surface area contributed by atoms with Crippen LogP contribution < -0.4 is 5.32 Å². The number of rotatable bonds is 4. The molecule has 0 saturated carbocycles. The van der Waals surface area contributed by atoms with Crippen LogP contribution in [-0.2, 0) is 10.8 Å². The van der Waals surface area contributed by atoms with Crippen LogP contribution in [0.4, 0.5) is 0 Å². The van der Waals surface area contributed by atoms with Crippen LogP contribution in [0, 0.1) is 0 Å². The first-order valence-corrected chi connectivity index (χ1v) is 9.82. The molecule has 4 nitrogen and oxygen atoms in total. The van der Waals surface area contributed by atoms with Gasteiger partial charge in [0.1, 0.15) is 0 Å². The van der Waals surface area contributed by atoms with E-state index >= 15 is 0 Å². The van der Waals surface area contributed by atoms with Gasteiger partial charge in [-0.25, -0.2) is 0 Å². The van der Waals surface area contributed by atoms with Crippen LogP contribution in [0.3, 0.4) is 0 Å². The molecule has 0 amide bonds. The van der Waals surface area contributed by atoms with Gasteiger partial charge >= 0.3 is 0 Å². The third kappa shape index (κ3) is 6.73. The van der Waals surface area contributed by atoms with E-state index in [9.17, 15) is 4.21 Å². The lowest BCUT2D eigenvalue weighted by atomic mass is 10.00. The highest BCUT2D eigenvalue weighted by Crippen LogP contribution is 2.21. The zero-order valence-corrected chi connectivity index (χ0v) is 18.8. The second kappa shape index (κ2) is 10.3. The van der Waals surface area contributed by atoms with Crippen molar-refractivity contribution in [2.24, 2.45) is 4.99 Å². The maximum atomic E-state index is 12.1. The predicted molar refractivity (Wildman–Crippen MR) is 120 cm³/mol. The van der Waals surface area contributed by atoms with E-state index in [2.05, 4.69) is 45.6 Å². The van der Waals surface area contributed by atoms with Crippen molar-refractivity contribution in [3.05, 3.63) is 42.0 Å². The molecule has 2 rings (SSSR count). The minimum atomic E-state index is -0.839. The number of hydrogen-bond donors (Lipinski definition) is 1. The quantitative estimate of drug-likeness (QED) is 0.412. The molecule has 25 heavy (non-hydrogen) atoms. The Labute approximate surface area is 171 Å². The number of halogens is 1. The highest BCUT2D eigenvalue weighted by molar-refractivity contribution is 14.0. The molecule has 1 aromatic rings. The van der Waals surface area contributed by atoms with Crippen molar-refractivity contribution in [2.45, 2.75) is 31.9 Å². The third-order valence-corrected chi connectivity index (χ3v) is 6.06. The van der Waals surface area contributed by atoms with Gasteiger partial charge < -0.3 is 10.2 Å². The van der Waals surface area contributed by atoms with E-state index in [0.717, 1.165) is 25.5 Å². The van der Waals surface area contributed by atoms with Crippen LogP contribution in [0.5, 0.6) is 0 Å². The first-order valence-electron chi connectivity index (χ1n) is 8.50. The first-order chi connectivity index (χ1) is 11.4. The number of guanidine groups is 1. The highest BCUT2D eigenvalue weighted by Gasteiger charge is 2.20. The molecular formula is C19H30IN3OS. The molecule has 1 aromatic carbocycles. The molecule has 0 aliphatic carbocycles. The average Bonchev–Trinajstić information content (AvgIpc) is 2.59. The number of nitrogens with one attached hydrogen (secondary N) is 1. The lowest BCUT2D eigenvalue weighted by molar-refractivity contribution is 0.441. The molecule has 0 bridgehead atoms. The number of hydrogen-bond acceptors (Lipinski definition) is 2. The van der Waals surface area contributed by atoms with Crippen LogP contribution >= 0.6 is 24.0 Å². The monoisotopic (exact) mass is 475 g/mol. The van der Waals surface area contributed by atoms with E-state index in [-0.39, 0.29) is 28.7 Å². The van der Waals surface area contributed by atoms with Crippen LogP contribution in [0.1, 0.15) is 32.8 Å². The summed E-state index contributed by atoms with van der Waals surface area (Å²) in [6.07, 6.45) is 3.29.